The number of hydrogen-bond donors (Lipinski definition) is 2. The third-order valence-corrected chi connectivity index (χ3v) is 4.44. The SMILES string of the molecule is CCCCC1(c2ccc(C=NN)cc2)CC(CC(=O)O)CC(=O)O1. The Morgan fingerprint density at radius 3 is 2.75 bits per heavy atom. The van der Waals surface area contributed by atoms with Gasteiger partial charge in [0.05, 0.1) is 6.21 Å². The highest BCUT2D eigenvalue weighted by molar-refractivity contribution is 5.79. The second-order valence-corrected chi connectivity index (χ2v) is 6.34. The maximum Gasteiger partial charge on any atom is 0.306 e. The highest BCUT2D eigenvalue weighted by Gasteiger charge is 2.43. The van der Waals surface area contributed by atoms with Crippen LogP contribution in [-0.4, -0.2) is 23.3 Å². The van der Waals surface area contributed by atoms with Crippen LogP contribution in [0.25, 0.3) is 0 Å². The molecule has 1 saturated heterocycles. The molecule has 1 aliphatic heterocycles. The lowest BCUT2D eigenvalue weighted by atomic mass is 9.76. The van der Waals surface area contributed by atoms with E-state index in [9.17, 15) is 9.59 Å². The van der Waals surface area contributed by atoms with Crippen LogP contribution in [0.1, 0.15) is 56.6 Å². The van der Waals surface area contributed by atoms with E-state index in [0.717, 1.165) is 24.0 Å². The number of esters is 1. The second kappa shape index (κ2) is 7.95. The molecule has 2 rings (SSSR count). The number of carbonyl (C=O) groups is 2. The Morgan fingerprint density at radius 2 is 2.17 bits per heavy atom. The summed E-state index contributed by atoms with van der Waals surface area (Å²) in [5.41, 5.74) is 1.01. The molecule has 24 heavy (non-hydrogen) atoms. The van der Waals surface area contributed by atoms with Gasteiger partial charge in [-0.1, -0.05) is 37.6 Å². The molecule has 0 aliphatic carbocycles. The van der Waals surface area contributed by atoms with E-state index < -0.39 is 11.6 Å². The number of ether oxygens (including phenoxy) is 1. The summed E-state index contributed by atoms with van der Waals surface area (Å²) < 4.78 is 5.78. The smallest absolute Gasteiger partial charge is 0.306 e. The predicted octanol–water partition coefficient (Wildman–Crippen LogP) is 2.79. The fraction of sp³-hybridized carbons (Fsp3) is 0.500. The molecular weight excluding hydrogens is 308 g/mol. The number of rotatable bonds is 7. The normalized spacial score (nSPS) is 24.0. The molecule has 1 aromatic carbocycles. The first kappa shape index (κ1) is 18.0. The van der Waals surface area contributed by atoms with Crippen molar-refractivity contribution < 1.29 is 19.4 Å². The van der Waals surface area contributed by atoms with Gasteiger partial charge in [0.2, 0.25) is 0 Å². The van der Waals surface area contributed by atoms with E-state index in [1.807, 2.05) is 24.3 Å². The Balaban J connectivity index is 2.33. The quantitative estimate of drug-likeness (QED) is 0.346. The van der Waals surface area contributed by atoms with E-state index in [4.69, 9.17) is 15.7 Å². The monoisotopic (exact) mass is 332 g/mol. The first-order valence-corrected chi connectivity index (χ1v) is 8.26. The van der Waals surface area contributed by atoms with Gasteiger partial charge in [0, 0.05) is 12.8 Å². The molecule has 0 radical (unpaired) electrons. The van der Waals surface area contributed by atoms with Crippen LogP contribution in [0.4, 0.5) is 0 Å². The second-order valence-electron chi connectivity index (χ2n) is 6.34. The third kappa shape index (κ3) is 4.34. The molecule has 0 bridgehead atoms. The molecule has 6 nitrogen and oxygen atoms in total. The fourth-order valence-electron chi connectivity index (χ4n) is 3.36. The van der Waals surface area contributed by atoms with Gasteiger partial charge in [-0.2, -0.15) is 5.10 Å². The van der Waals surface area contributed by atoms with Gasteiger partial charge in [0.25, 0.3) is 0 Å². The molecule has 1 aromatic rings. The zero-order valence-electron chi connectivity index (χ0n) is 13.9. The third-order valence-electron chi connectivity index (χ3n) is 4.44. The van der Waals surface area contributed by atoms with E-state index in [1.54, 1.807) is 6.21 Å². The Labute approximate surface area is 141 Å². The molecule has 1 heterocycles. The fourth-order valence-corrected chi connectivity index (χ4v) is 3.36. The molecule has 0 amide bonds. The van der Waals surface area contributed by atoms with Gasteiger partial charge in [-0.15, -0.1) is 0 Å². The van der Waals surface area contributed by atoms with Crippen LogP contribution < -0.4 is 5.84 Å². The van der Waals surface area contributed by atoms with E-state index >= 15 is 0 Å². The Hall–Kier alpha value is -2.37. The molecule has 1 fully saturated rings. The van der Waals surface area contributed by atoms with Gasteiger partial charge in [0.1, 0.15) is 5.60 Å². The summed E-state index contributed by atoms with van der Waals surface area (Å²) in [6, 6.07) is 7.55. The highest BCUT2D eigenvalue weighted by atomic mass is 16.6. The number of carboxylic acid groups (broad SMARTS) is 1. The van der Waals surface area contributed by atoms with Gasteiger partial charge in [-0.25, -0.2) is 0 Å². The minimum Gasteiger partial charge on any atom is -0.481 e. The average molecular weight is 332 g/mol. The van der Waals surface area contributed by atoms with Gasteiger partial charge in [0.15, 0.2) is 0 Å². The number of nitrogens with zero attached hydrogens (tertiary/aromatic N) is 1. The molecule has 1 aliphatic rings. The number of nitrogens with two attached hydrogens (primary N) is 1. The Morgan fingerprint density at radius 1 is 1.46 bits per heavy atom. The van der Waals surface area contributed by atoms with Gasteiger partial charge >= 0.3 is 11.9 Å². The molecule has 0 saturated carbocycles. The van der Waals surface area contributed by atoms with Crippen molar-refractivity contribution >= 4 is 18.2 Å². The van der Waals surface area contributed by atoms with E-state index in [2.05, 4.69) is 12.0 Å². The number of carbonyl (C=O) groups excluding carboxylic acids is 1. The van der Waals surface area contributed by atoms with Crippen molar-refractivity contribution in [1.29, 1.82) is 0 Å². The Kier molecular flexibility index (Phi) is 5.95. The number of benzene rings is 1. The number of cyclic esters (lactones) is 1. The molecular formula is C18H24N2O4. The van der Waals surface area contributed by atoms with Crippen molar-refractivity contribution in [2.45, 2.75) is 51.0 Å². The summed E-state index contributed by atoms with van der Waals surface area (Å²) in [6.07, 6.45) is 4.80. The lowest BCUT2D eigenvalue weighted by molar-refractivity contribution is -0.176. The number of aliphatic carboxylic acids is 1. The number of hydrogen-bond acceptors (Lipinski definition) is 5. The van der Waals surface area contributed by atoms with E-state index in [0.29, 0.717) is 12.8 Å². The first-order chi connectivity index (χ1) is 11.5. The summed E-state index contributed by atoms with van der Waals surface area (Å²) in [6.45, 7) is 2.08. The zero-order chi connectivity index (χ0) is 17.6. The minimum atomic E-state index is -0.881. The maximum absolute atomic E-state index is 12.1. The highest BCUT2D eigenvalue weighted by Crippen LogP contribution is 2.43. The van der Waals surface area contributed by atoms with Crippen LogP contribution in [0.3, 0.4) is 0 Å². The van der Waals surface area contributed by atoms with Crippen LogP contribution in [0.5, 0.6) is 0 Å². The van der Waals surface area contributed by atoms with E-state index in [1.165, 1.54) is 0 Å². The van der Waals surface area contributed by atoms with Gasteiger partial charge < -0.3 is 15.7 Å². The zero-order valence-corrected chi connectivity index (χ0v) is 13.9. The predicted molar refractivity (Wildman–Crippen MR) is 90.5 cm³/mol. The number of hydrazone groups is 1. The van der Waals surface area contributed by atoms with Crippen molar-refractivity contribution in [2.24, 2.45) is 16.9 Å². The summed E-state index contributed by atoms with van der Waals surface area (Å²) >= 11 is 0. The van der Waals surface area contributed by atoms with Gasteiger partial charge in [-0.05, 0) is 36.3 Å². The van der Waals surface area contributed by atoms with Crippen molar-refractivity contribution in [3.8, 4) is 0 Å². The molecule has 130 valence electrons. The largest absolute Gasteiger partial charge is 0.481 e. The number of unbranched alkanes of at least 4 members (excludes halogenated alkanes) is 1. The molecule has 0 spiro atoms. The summed E-state index contributed by atoms with van der Waals surface area (Å²) in [4.78, 5) is 23.2. The van der Waals surface area contributed by atoms with Crippen LogP contribution in [0, 0.1) is 5.92 Å². The standard InChI is InChI=1S/C18H24N2O4/c1-2-3-8-18(15-6-4-13(5-7-15)12-20-19)11-14(9-16(21)22)10-17(23)24-18/h4-7,12,14H,2-3,8-11,19H2,1H3,(H,21,22). The van der Waals surface area contributed by atoms with Crippen LogP contribution in [-0.2, 0) is 19.9 Å². The van der Waals surface area contributed by atoms with E-state index in [-0.39, 0.29) is 24.7 Å². The average Bonchev–Trinajstić information content (AvgIpc) is 2.53. The van der Waals surface area contributed by atoms with Crippen molar-refractivity contribution in [1.82, 2.24) is 0 Å². The van der Waals surface area contributed by atoms with Crippen LogP contribution >= 0.6 is 0 Å². The molecule has 0 aromatic heterocycles. The molecule has 3 N–H and O–H groups in total. The lowest BCUT2D eigenvalue weighted by Gasteiger charge is -2.40. The minimum absolute atomic E-state index is 0.0130. The van der Waals surface area contributed by atoms with Crippen LogP contribution in [0.15, 0.2) is 29.4 Å². The summed E-state index contributed by atoms with van der Waals surface area (Å²) in [5.74, 6) is 3.75. The van der Waals surface area contributed by atoms with Gasteiger partial charge in [-0.3, -0.25) is 9.59 Å². The molecule has 2 unspecified atom stereocenters. The van der Waals surface area contributed by atoms with Crippen LogP contribution in [0.2, 0.25) is 0 Å². The molecule has 6 heteroatoms. The van der Waals surface area contributed by atoms with Crippen molar-refractivity contribution in [3.63, 3.8) is 0 Å². The maximum atomic E-state index is 12.1. The molecule has 2 atom stereocenters. The van der Waals surface area contributed by atoms with Crippen molar-refractivity contribution in [2.75, 3.05) is 0 Å². The van der Waals surface area contributed by atoms with Crippen molar-refractivity contribution in [3.05, 3.63) is 35.4 Å². The lowest BCUT2D eigenvalue weighted by Crippen LogP contribution is -2.40. The number of carboxylic acids is 1. The topological polar surface area (TPSA) is 102 Å². The summed E-state index contributed by atoms with van der Waals surface area (Å²) in [5, 5.41) is 12.6. The summed E-state index contributed by atoms with van der Waals surface area (Å²) in [7, 11) is 0. The Bertz CT molecular complexity index is 610. The first-order valence-electron chi connectivity index (χ1n) is 8.26.